The van der Waals surface area contributed by atoms with Crippen LogP contribution in [0.25, 0.3) is 5.69 Å². The number of piperidine rings is 1. The molecule has 0 atom stereocenters. The highest BCUT2D eigenvalue weighted by atomic mass is 32.1. The Labute approximate surface area is 139 Å². The fraction of sp³-hybridized carbons (Fsp3) is 0.467. The minimum atomic E-state index is -0.115. The summed E-state index contributed by atoms with van der Waals surface area (Å²) in [7, 11) is 1.44. The first kappa shape index (κ1) is 15.8. The average Bonchev–Trinajstić information content (AvgIpc) is 2.96. The zero-order valence-corrected chi connectivity index (χ0v) is 13.8. The number of aromatic nitrogens is 4. The first-order valence-electron chi connectivity index (χ1n) is 7.57. The molecule has 1 fully saturated rings. The first-order valence-corrected chi connectivity index (χ1v) is 7.98. The van der Waals surface area contributed by atoms with Crippen LogP contribution in [0.3, 0.4) is 0 Å². The second-order valence-electron chi connectivity index (χ2n) is 5.57. The lowest BCUT2D eigenvalue weighted by Crippen LogP contribution is -2.38. The van der Waals surface area contributed by atoms with Gasteiger partial charge in [-0.2, -0.15) is 4.68 Å². The van der Waals surface area contributed by atoms with Crippen LogP contribution in [0.15, 0.2) is 30.3 Å². The highest BCUT2D eigenvalue weighted by Crippen LogP contribution is 2.18. The van der Waals surface area contributed by atoms with Crippen molar-refractivity contribution in [2.45, 2.75) is 19.5 Å². The molecule has 1 saturated heterocycles. The molecule has 1 aliphatic heterocycles. The molecular weight excluding hydrogens is 314 g/mol. The number of methoxy groups -OCH3 is 1. The third kappa shape index (κ3) is 3.48. The van der Waals surface area contributed by atoms with Gasteiger partial charge in [-0.05, 0) is 47.6 Å². The van der Waals surface area contributed by atoms with Crippen molar-refractivity contribution in [2.75, 3.05) is 20.2 Å². The van der Waals surface area contributed by atoms with Crippen molar-refractivity contribution in [2.24, 2.45) is 5.92 Å². The van der Waals surface area contributed by atoms with E-state index in [4.69, 9.17) is 17.0 Å². The van der Waals surface area contributed by atoms with Gasteiger partial charge in [0.2, 0.25) is 4.77 Å². The monoisotopic (exact) mass is 333 g/mol. The fourth-order valence-corrected chi connectivity index (χ4v) is 3.00. The van der Waals surface area contributed by atoms with Crippen molar-refractivity contribution in [3.05, 3.63) is 35.1 Å². The van der Waals surface area contributed by atoms with Crippen molar-refractivity contribution in [3.8, 4) is 5.69 Å². The number of esters is 1. The number of hydrogen-bond acceptors (Lipinski definition) is 6. The lowest BCUT2D eigenvalue weighted by molar-refractivity contribution is -0.147. The molecule has 0 aliphatic carbocycles. The summed E-state index contributed by atoms with van der Waals surface area (Å²) in [6, 6.07) is 9.71. The van der Waals surface area contributed by atoms with E-state index in [1.165, 1.54) is 7.11 Å². The van der Waals surface area contributed by atoms with Crippen LogP contribution in [0.2, 0.25) is 0 Å². The van der Waals surface area contributed by atoms with Crippen LogP contribution < -0.4 is 0 Å². The Morgan fingerprint density at radius 3 is 2.61 bits per heavy atom. The van der Waals surface area contributed by atoms with E-state index in [9.17, 15) is 4.79 Å². The van der Waals surface area contributed by atoms with Crippen molar-refractivity contribution < 1.29 is 9.53 Å². The Morgan fingerprint density at radius 2 is 1.96 bits per heavy atom. The highest BCUT2D eigenvalue weighted by molar-refractivity contribution is 7.71. The number of carbonyl (C=O) groups excluding carboxylic acids is 1. The smallest absolute Gasteiger partial charge is 0.308 e. The molecule has 8 heteroatoms. The zero-order chi connectivity index (χ0) is 16.2. The van der Waals surface area contributed by atoms with E-state index in [1.54, 1.807) is 9.36 Å². The van der Waals surface area contributed by atoms with Gasteiger partial charge in [0, 0.05) is 13.1 Å². The second kappa shape index (κ2) is 7.01. The van der Waals surface area contributed by atoms with Crippen LogP contribution in [-0.4, -0.2) is 50.9 Å². The Balaban J connectivity index is 1.65. The van der Waals surface area contributed by atoms with Gasteiger partial charge in [-0.15, -0.1) is 0 Å². The molecule has 122 valence electrons. The lowest BCUT2D eigenvalue weighted by atomic mass is 9.97. The molecule has 3 rings (SSSR count). The Hall–Kier alpha value is -2.06. The number of tetrazole rings is 1. The predicted molar refractivity (Wildman–Crippen MR) is 86.5 cm³/mol. The maximum atomic E-state index is 11.6. The molecule has 7 nitrogen and oxygen atoms in total. The van der Waals surface area contributed by atoms with Crippen LogP contribution in [0.4, 0.5) is 0 Å². The zero-order valence-electron chi connectivity index (χ0n) is 13.0. The Bertz CT molecular complexity index is 719. The number of likely N-dealkylation sites (tertiary alicyclic amines) is 1. The Morgan fingerprint density at radius 1 is 1.26 bits per heavy atom. The van der Waals surface area contributed by atoms with E-state index >= 15 is 0 Å². The van der Waals surface area contributed by atoms with Crippen LogP contribution in [-0.2, 0) is 16.2 Å². The summed E-state index contributed by atoms with van der Waals surface area (Å²) in [5.41, 5.74) is 0.896. The average molecular weight is 333 g/mol. The van der Waals surface area contributed by atoms with E-state index in [2.05, 4.69) is 15.3 Å². The molecule has 0 amide bonds. The minimum Gasteiger partial charge on any atom is -0.469 e. The molecular formula is C15H19N5O2S. The number of para-hydroxylation sites is 1. The summed E-state index contributed by atoms with van der Waals surface area (Å²) in [5, 5.41) is 8.28. The summed E-state index contributed by atoms with van der Waals surface area (Å²) in [6.07, 6.45) is 1.60. The molecule has 1 aliphatic rings. The topological polar surface area (TPSA) is 65.2 Å². The van der Waals surface area contributed by atoms with Gasteiger partial charge < -0.3 is 4.74 Å². The molecule has 0 bridgehead atoms. The second-order valence-corrected chi connectivity index (χ2v) is 5.93. The number of nitrogens with zero attached hydrogens (tertiary/aromatic N) is 5. The SMILES string of the molecule is COC(=O)C1CCN(Cn2nnn(-c3ccccc3)c2=S)CC1. The number of ether oxygens (including phenoxy) is 1. The van der Waals surface area contributed by atoms with Crippen molar-refractivity contribution in [1.82, 2.24) is 24.7 Å². The molecule has 0 radical (unpaired) electrons. The number of carbonyl (C=O) groups is 1. The minimum absolute atomic E-state index is 0.00391. The third-order valence-corrected chi connectivity index (χ3v) is 4.48. The van der Waals surface area contributed by atoms with Crippen molar-refractivity contribution in [3.63, 3.8) is 0 Å². The molecule has 0 saturated carbocycles. The van der Waals surface area contributed by atoms with Gasteiger partial charge in [0.25, 0.3) is 0 Å². The summed E-state index contributed by atoms with van der Waals surface area (Å²) >= 11 is 5.46. The largest absolute Gasteiger partial charge is 0.469 e. The maximum Gasteiger partial charge on any atom is 0.308 e. The summed E-state index contributed by atoms with van der Waals surface area (Å²) in [5.74, 6) is -0.111. The van der Waals surface area contributed by atoms with Gasteiger partial charge >= 0.3 is 5.97 Å². The summed E-state index contributed by atoms with van der Waals surface area (Å²) in [4.78, 5) is 13.8. The summed E-state index contributed by atoms with van der Waals surface area (Å²) < 4.78 is 8.73. The number of benzene rings is 1. The molecule has 0 unspecified atom stereocenters. The summed E-state index contributed by atoms with van der Waals surface area (Å²) in [6.45, 7) is 2.22. The molecule has 23 heavy (non-hydrogen) atoms. The Kier molecular flexibility index (Phi) is 4.82. The molecule has 1 aromatic heterocycles. The molecule has 0 N–H and O–H groups in total. The van der Waals surface area contributed by atoms with Gasteiger partial charge in [0.05, 0.1) is 25.4 Å². The maximum absolute atomic E-state index is 11.6. The van der Waals surface area contributed by atoms with Crippen LogP contribution in [0.1, 0.15) is 12.8 Å². The van der Waals surface area contributed by atoms with Crippen LogP contribution in [0, 0.1) is 10.7 Å². The predicted octanol–water partition coefficient (Wildman–Crippen LogP) is 1.64. The molecule has 0 spiro atoms. The van der Waals surface area contributed by atoms with Gasteiger partial charge in [-0.3, -0.25) is 9.69 Å². The molecule has 2 aromatic rings. The quantitative estimate of drug-likeness (QED) is 0.626. The van der Waals surface area contributed by atoms with Gasteiger partial charge in [-0.1, -0.05) is 18.2 Å². The van der Waals surface area contributed by atoms with Gasteiger partial charge in [0.15, 0.2) is 0 Å². The van der Waals surface area contributed by atoms with Gasteiger partial charge in [0.1, 0.15) is 0 Å². The fourth-order valence-electron chi connectivity index (χ4n) is 2.76. The lowest BCUT2D eigenvalue weighted by Gasteiger charge is -2.29. The molecule has 1 aromatic carbocycles. The van der Waals surface area contributed by atoms with Crippen molar-refractivity contribution >= 4 is 18.2 Å². The van der Waals surface area contributed by atoms with E-state index in [1.807, 2.05) is 30.3 Å². The standard InChI is InChI=1S/C15H19N5O2S/c1-22-14(21)12-7-9-18(10-8-12)11-19-15(23)20(17-16-19)13-5-3-2-4-6-13/h2-6,12H,7-11H2,1H3. The first-order chi connectivity index (χ1) is 11.2. The van der Waals surface area contributed by atoms with Gasteiger partial charge in [-0.25, -0.2) is 4.68 Å². The number of hydrogen-bond donors (Lipinski definition) is 0. The molecule has 2 heterocycles. The van der Waals surface area contributed by atoms with E-state index in [-0.39, 0.29) is 11.9 Å². The normalized spacial score (nSPS) is 16.4. The van der Waals surface area contributed by atoms with Crippen molar-refractivity contribution in [1.29, 1.82) is 0 Å². The number of rotatable bonds is 4. The van der Waals surface area contributed by atoms with E-state index < -0.39 is 0 Å². The van der Waals surface area contributed by atoms with Crippen LogP contribution in [0.5, 0.6) is 0 Å². The highest BCUT2D eigenvalue weighted by Gasteiger charge is 2.25. The van der Waals surface area contributed by atoms with E-state index in [0.29, 0.717) is 11.4 Å². The third-order valence-electron chi connectivity index (χ3n) is 4.10. The van der Waals surface area contributed by atoms with Crippen LogP contribution >= 0.6 is 12.2 Å². The van der Waals surface area contributed by atoms with E-state index in [0.717, 1.165) is 31.6 Å².